The van der Waals surface area contributed by atoms with Gasteiger partial charge in [0.1, 0.15) is 0 Å². The zero-order valence-electron chi connectivity index (χ0n) is 6.99. The van der Waals surface area contributed by atoms with Gasteiger partial charge in [-0.05, 0) is 24.3 Å². The Bertz CT molecular complexity index is 500. The van der Waals surface area contributed by atoms with Gasteiger partial charge >= 0.3 is 5.56 Å². The second-order valence-electron chi connectivity index (χ2n) is 2.73. The molecule has 0 aliphatic heterocycles. The van der Waals surface area contributed by atoms with Crippen molar-refractivity contribution in [1.29, 1.82) is 0 Å². The molecule has 0 spiro atoms. The van der Waals surface area contributed by atoms with Crippen LogP contribution in [0.2, 0.25) is 0 Å². The van der Waals surface area contributed by atoms with Crippen molar-refractivity contribution in [1.82, 2.24) is 10.3 Å². The number of benzene rings is 1. The number of nitrogens with one attached hydrogen (secondary N) is 2. The summed E-state index contributed by atoms with van der Waals surface area (Å²) in [6.07, 6.45) is 0. The topological polar surface area (TPSA) is 72.8 Å². The first kappa shape index (κ1) is 9.01. The molecular weight excluding hydrogens is 250 g/mol. The van der Waals surface area contributed by atoms with Gasteiger partial charge in [-0.25, -0.2) is 4.79 Å². The molecule has 0 radical (unpaired) electrons. The van der Waals surface area contributed by atoms with E-state index in [1.807, 2.05) is 0 Å². The molecule has 72 valence electrons. The van der Waals surface area contributed by atoms with E-state index in [9.17, 15) is 10.0 Å². The number of nitrogens with zero attached hydrogens (tertiary/aromatic N) is 1. The lowest BCUT2D eigenvalue weighted by Crippen LogP contribution is -2.35. The first-order valence-electron chi connectivity index (χ1n) is 3.86. The lowest BCUT2D eigenvalue weighted by atomic mass is 10.2. The quantitative estimate of drug-likeness (QED) is 0.518. The third kappa shape index (κ3) is 1.44. The molecule has 0 aliphatic carbocycles. The molecule has 6 heteroatoms. The van der Waals surface area contributed by atoms with Gasteiger partial charge in [0.2, 0.25) is 0 Å². The molecule has 0 saturated heterocycles. The average molecular weight is 257 g/mol. The van der Waals surface area contributed by atoms with Gasteiger partial charge in [0.15, 0.2) is 0 Å². The molecule has 0 saturated carbocycles. The number of aromatic nitrogens is 3. The van der Waals surface area contributed by atoms with E-state index in [2.05, 4.69) is 26.2 Å². The van der Waals surface area contributed by atoms with E-state index in [-0.39, 0.29) is 11.3 Å². The van der Waals surface area contributed by atoms with Crippen LogP contribution in [-0.2, 0) is 0 Å². The van der Waals surface area contributed by atoms with Crippen LogP contribution in [0.1, 0.15) is 0 Å². The average Bonchev–Trinajstić information content (AvgIpc) is 2.49. The number of hydrogen-bond donors (Lipinski definition) is 3. The van der Waals surface area contributed by atoms with Crippen LogP contribution >= 0.6 is 15.9 Å². The Morgan fingerprint density at radius 2 is 1.93 bits per heavy atom. The highest BCUT2D eigenvalue weighted by molar-refractivity contribution is 9.10. The first-order valence-corrected chi connectivity index (χ1v) is 4.65. The van der Waals surface area contributed by atoms with E-state index < -0.39 is 0 Å². The summed E-state index contributed by atoms with van der Waals surface area (Å²) < 4.78 is 0.915. The van der Waals surface area contributed by atoms with Crippen molar-refractivity contribution >= 4 is 15.9 Å². The predicted octanol–water partition coefficient (Wildman–Crippen LogP) is 0.657. The minimum absolute atomic E-state index is 0.178. The van der Waals surface area contributed by atoms with Crippen LogP contribution in [0.15, 0.2) is 33.5 Å². The second-order valence-corrected chi connectivity index (χ2v) is 3.65. The molecule has 0 atom stereocenters. The van der Waals surface area contributed by atoms with Crippen LogP contribution in [0, 0.1) is 0 Å². The summed E-state index contributed by atoms with van der Waals surface area (Å²) in [7, 11) is 0. The normalized spacial score (nSPS) is 10.4. The summed E-state index contributed by atoms with van der Waals surface area (Å²) in [6, 6.07) is 7.05. The van der Waals surface area contributed by atoms with Gasteiger partial charge in [-0.2, -0.15) is 0 Å². The number of H-pyrrole nitrogens is 2. The molecule has 0 bridgehead atoms. The van der Waals surface area contributed by atoms with Crippen LogP contribution in [0.5, 0.6) is 0 Å². The Labute approximate surface area is 87.1 Å². The van der Waals surface area contributed by atoms with Gasteiger partial charge in [0.05, 0.1) is 0 Å². The lowest BCUT2D eigenvalue weighted by molar-refractivity contribution is -0.940. The summed E-state index contributed by atoms with van der Waals surface area (Å²) in [4.78, 5) is 11.9. The fourth-order valence-corrected chi connectivity index (χ4v) is 1.44. The maximum absolute atomic E-state index is 11.2. The maximum atomic E-state index is 11.2. The smallest absolute Gasteiger partial charge is 0.331 e. The fourth-order valence-electron chi connectivity index (χ4n) is 1.18. The van der Waals surface area contributed by atoms with Crippen molar-refractivity contribution in [2.75, 3.05) is 0 Å². The Kier molecular flexibility index (Phi) is 2.12. The molecule has 2 rings (SSSR count). The molecule has 1 aromatic heterocycles. The van der Waals surface area contributed by atoms with Crippen molar-refractivity contribution in [3.05, 3.63) is 39.1 Å². The molecule has 5 nitrogen and oxygen atoms in total. The summed E-state index contributed by atoms with van der Waals surface area (Å²) >= 11 is 3.28. The zero-order valence-corrected chi connectivity index (χ0v) is 8.58. The molecule has 1 aromatic carbocycles. The van der Waals surface area contributed by atoms with Crippen molar-refractivity contribution in [2.24, 2.45) is 0 Å². The predicted molar refractivity (Wildman–Crippen MR) is 51.9 cm³/mol. The highest BCUT2D eigenvalue weighted by atomic mass is 79.9. The highest BCUT2D eigenvalue weighted by Crippen LogP contribution is 2.15. The summed E-state index contributed by atoms with van der Waals surface area (Å²) in [5.41, 5.74) is 0.450. The SMILES string of the molecule is O=c1[nH][nH][n+](O)c1-c1ccc(Br)cc1. The molecule has 2 aromatic rings. The summed E-state index contributed by atoms with van der Waals surface area (Å²) in [6.45, 7) is 0. The number of rotatable bonds is 1. The second kappa shape index (κ2) is 3.30. The summed E-state index contributed by atoms with van der Waals surface area (Å²) in [5, 5.41) is 13.8. The lowest BCUT2D eigenvalue weighted by Gasteiger charge is -1.93. The number of aromatic amines is 2. The van der Waals surface area contributed by atoms with Crippen molar-refractivity contribution in [3.8, 4) is 11.3 Å². The van der Waals surface area contributed by atoms with Gasteiger partial charge in [0.25, 0.3) is 5.69 Å². The van der Waals surface area contributed by atoms with Crippen LogP contribution in [0.4, 0.5) is 0 Å². The fraction of sp³-hybridized carbons (Fsp3) is 0. The molecule has 0 fully saturated rings. The minimum Gasteiger partial charge on any atom is -0.331 e. The van der Waals surface area contributed by atoms with Crippen molar-refractivity contribution in [2.45, 2.75) is 0 Å². The Balaban J connectivity index is 2.60. The number of halogens is 1. The Morgan fingerprint density at radius 1 is 1.29 bits per heavy atom. The standard InChI is InChI=1S/C8H6BrN3O2/c9-6-3-1-5(2-4-6)7-8(13)10-11-12(7)14/h1-4,13-14H/p+1. The molecule has 1 heterocycles. The monoisotopic (exact) mass is 256 g/mol. The third-order valence-corrected chi connectivity index (χ3v) is 2.35. The van der Waals surface area contributed by atoms with Crippen molar-refractivity contribution < 1.29 is 10.1 Å². The first-order chi connectivity index (χ1) is 6.68. The van der Waals surface area contributed by atoms with E-state index >= 15 is 0 Å². The Morgan fingerprint density at radius 3 is 2.43 bits per heavy atom. The van der Waals surface area contributed by atoms with E-state index in [1.165, 1.54) is 0 Å². The zero-order chi connectivity index (χ0) is 10.1. The van der Waals surface area contributed by atoms with Gasteiger partial charge in [-0.3, -0.25) is 0 Å². The third-order valence-electron chi connectivity index (χ3n) is 1.82. The molecule has 0 unspecified atom stereocenters. The largest absolute Gasteiger partial charge is 0.403 e. The van der Waals surface area contributed by atoms with Crippen LogP contribution in [0.25, 0.3) is 11.3 Å². The van der Waals surface area contributed by atoms with Crippen LogP contribution in [-0.4, -0.2) is 15.5 Å². The molecule has 3 N–H and O–H groups in total. The minimum atomic E-state index is -0.366. The molecule has 14 heavy (non-hydrogen) atoms. The van der Waals surface area contributed by atoms with E-state index in [4.69, 9.17) is 0 Å². The van der Waals surface area contributed by atoms with Crippen LogP contribution < -0.4 is 10.4 Å². The summed E-state index contributed by atoms with van der Waals surface area (Å²) in [5.74, 6) is 0. The maximum Gasteiger partial charge on any atom is 0.403 e. The number of hydrogen-bond acceptors (Lipinski definition) is 2. The van der Waals surface area contributed by atoms with Gasteiger partial charge < -0.3 is 5.21 Å². The van der Waals surface area contributed by atoms with E-state index in [0.29, 0.717) is 10.4 Å². The van der Waals surface area contributed by atoms with Gasteiger partial charge in [-0.15, -0.1) is 5.10 Å². The van der Waals surface area contributed by atoms with Crippen molar-refractivity contribution in [3.63, 3.8) is 0 Å². The van der Waals surface area contributed by atoms with E-state index in [1.54, 1.807) is 24.3 Å². The highest BCUT2D eigenvalue weighted by Gasteiger charge is 2.17. The molecular formula is C8H7BrN3O2+. The Hall–Kier alpha value is -1.56. The van der Waals surface area contributed by atoms with Crippen LogP contribution in [0.3, 0.4) is 0 Å². The van der Waals surface area contributed by atoms with Gasteiger partial charge in [0, 0.05) is 14.9 Å². The molecule has 0 amide bonds. The van der Waals surface area contributed by atoms with E-state index in [0.717, 1.165) is 4.47 Å². The van der Waals surface area contributed by atoms with Gasteiger partial charge in [-0.1, -0.05) is 21.1 Å². The molecule has 0 aliphatic rings.